The molecule has 0 radical (unpaired) electrons. The van der Waals surface area contributed by atoms with Gasteiger partial charge in [-0.3, -0.25) is 9.79 Å². The molecule has 0 bridgehead atoms. The van der Waals surface area contributed by atoms with Crippen molar-refractivity contribution in [2.45, 2.75) is 32.6 Å². The Balaban J connectivity index is 1.45. The van der Waals surface area contributed by atoms with Gasteiger partial charge in [-0.05, 0) is 41.7 Å². The van der Waals surface area contributed by atoms with E-state index >= 15 is 0 Å². The van der Waals surface area contributed by atoms with Crippen molar-refractivity contribution in [3.8, 4) is 5.75 Å². The van der Waals surface area contributed by atoms with Crippen LogP contribution in [-0.4, -0.2) is 38.6 Å². The van der Waals surface area contributed by atoms with Crippen molar-refractivity contribution in [2.75, 3.05) is 32.1 Å². The van der Waals surface area contributed by atoms with E-state index in [1.165, 1.54) is 11.1 Å². The standard InChI is InChI=1S/C24H32N4O2/c1-17(2)16-30-20-10-8-18(9-11-20)12-13-26-24(25-3)27-15-19-14-23(29)28-22-7-5-4-6-21(19)22/h4-11,17,19H,12-16H2,1-3H3,(H,28,29)(H2,25,26,27). The number of fused-ring (bicyclic) bond motifs is 1. The van der Waals surface area contributed by atoms with E-state index in [0.717, 1.165) is 37.0 Å². The highest BCUT2D eigenvalue weighted by molar-refractivity contribution is 5.94. The summed E-state index contributed by atoms with van der Waals surface area (Å²) >= 11 is 0. The number of ether oxygens (including phenoxy) is 1. The molecule has 30 heavy (non-hydrogen) atoms. The number of aliphatic imine (C=N–C) groups is 1. The number of carbonyl (C=O) groups is 1. The van der Waals surface area contributed by atoms with Crippen LogP contribution in [0.2, 0.25) is 0 Å². The first-order chi connectivity index (χ1) is 14.5. The Hall–Kier alpha value is -3.02. The molecule has 3 rings (SSSR count). The number of carbonyl (C=O) groups excluding carboxylic acids is 1. The minimum absolute atomic E-state index is 0.0595. The SMILES string of the molecule is CN=C(NCCc1ccc(OCC(C)C)cc1)NCC1CC(=O)Nc2ccccc21. The van der Waals surface area contributed by atoms with Gasteiger partial charge in [0.05, 0.1) is 6.61 Å². The highest BCUT2D eigenvalue weighted by Gasteiger charge is 2.24. The van der Waals surface area contributed by atoms with Crippen LogP contribution in [0.5, 0.6) is 5.75 Å². The third-order valence-corrected chi connectivity index (χ3v) is 5.06. The summed E-state index contributed by atoms with van der Waals surface area (Å²) in [6.07, 6.45) is 1.37. The monoisotopic (exact) mass is 408 g/mol. The van der Waals surface area contributed by atoms with Crippen LogP contribution in [-0.2, 0) is 11.2 Å². The number of nitrogens with one attached hydrogen (secondary N) is 3. The number of rotatable bonds is 8. The lowest BCUT2D eigenvalue weighted by atomic mass is 9.90. The van der Waals surface area contributed by atoms with E-state index in [1.807, 2.05) is 30.3 Å². The van der Waals surface area contributed by atoms with Gasteiger partial charge in [0.15, 0.2) is 5.96 Å². The van der Waals surface area contributed by atoms with Gasteiger partial charge in [0.25, 0.3) is 0 Å². The number of nitrogens with zero attached hydrogens (tertiary/aromatic N) is 1. The van der Waals surface area contributed by atoms with Crippen molar-refractivity contribution in [1.82, 2.24) is 10.6 Å². The number of hydrogen-bond acceptors (Lipinski definition) is 3. The summed E-state index contributed by atoms with van der Waals surface area (Å²) in [5, 5.41) is 9.66. The average molecular weight is 409 g/mol. The molecule has 1 atom stereocenters. The van der Waals surface area contributed by atoms with Crippen molar-refractivity contribution in [1.29, 1.82) is 0 Å². The van der Waals surface area contributed by atoms with Gasteiger partial charge in [-0.1, -0.05) is 44.2 Å². The van der Waals surface area contributed by atoms with Crippen LogP contribution >= 0.6 is 0 Å². The lowest BCUT2D eigenvalue weighted by Gasteiger charge is -2.26. The molecule has 1 aliphatic heterocycles. The van der Waals surface area contributed by atoms with Crippen LogP contribution in [0.3, 0.4) is 0 Å². The number of hydrogen-bond donors (Lipinski definition) is 3. The molecule has 3 N–H and O–H groups in total. The molecule has 1 aliphatic rings. The summed E-state index contributed by atoms with van der Waals surface area (Å²) in [7, 11) is 1.76. The number of para-hydroxylation sites is 1. The van der Waals surface area contributed by atoms with Crippen LogP contribution in [0.4, 0.5) is 5.69 Å². The molecule has 0 spiro atoms. The van der Waals surface area contributed by atoms with Crippen LogP contribution < -0.4 is 20.7 Å². The maximum Gasteiger partial charge on any atom is 0.225 e. The second-order valence-electron chi connectivity index (χ2n) is 8.02. The number of anilines is 1. The molecule has 2 aromatic rings. The minimum atomic E-state index is 0.0595. The van der Waals surface area contributed by atoms with Crippen molar-refractivity contribution < 1.29 is 9.53 Å². The van der Waals surface area contributed by atoms with Gasteiger partial charge in [-0.2, -0.15) is 0 Å². The maximum absolute atomic E-state index is 12.0. The second-order valence-corrected chi connectivity index (χ2v) is 8.02. The molecule has 1 amide bonds. The van der Waals surface area contributed by atoms with E-state index in [0.29, 0.717) is 18.9 Å². The lowest BCUT2D eigenvalue weighted by Crippen LogP contribution is -2.41. The van der Waals surface area contributed by atoms with E-state index in [4.69, 9.17) is 4.74 Å². The Bertz CT molecular complexity index is 862. The number of guanidine groups is 1. The zero-order valence-electron chi connectivity index (χ0n) is 18.1. The highest BCUT2D eigenvalue weighted by atomic mass is 16.5. The van der Waals surface area contributed by atoms with Crippen LogP contribution in [0.1, 0.15) is 37.3 Å². The normalized spacial score (nSPS) is 16.1. The molecule has 1 unspecified atom stereocenters. The Morgan fingerprint density at radius 3 is 2.67 bits per heavy atom. The van der Waals surface area contributed by atoms with E-state index in [-0.39, 0.29) is 11.8 Å². The topological polar surface area (TPSA) is 74.8 Å². The summed E-state index contributed by atoms with van der Waals surface area (Å²) in [6, 6.07) is 16.2. The van der Waals surface area contributed by atoms with Crippen molar-refractivity contribution in [3.63, 3.8) is 0 Å². The molecule has 1 heterocycles. The van der Waals surface area contributed by atoms with Gasteiger partial charge < -0.3 is 20.7 Å². The molecular weight excluding hydrogens is 376 g/mol. The van der Waals surface area contributed by atoms with Crippen LogP contribution in [0.15, 0.2) is 53.5 Å². The predicted octanol–water partition coefficient (Wildman–Crippen LogP) is 3.55. The lowest BCUT2D eigenvalue weighted by molar-refractivity contribution is -0.116. The maximum atomic E-state index is 12.0. The fourth-order valence-electron chi connectivity index (χ4n) is 3.46. The molecule has 160 valence electrons. The molecule has 6 nitrogen and oxygen atoms in total. The largest absolute Gasteiger partial charge is 0.493 e. The van der Waals surface area contributed by atoms with E-state index in [1.54, 1.807) is 7.05 Å². The van der Waals surface area contributed by atoms with Gasteiger partial charge in [0.2, 0.25) is 5.91 Å². The fraction of sp³-hybridized carbons (Fsp3) is 0.417. The van der Waals surface area contributed by atoms with Crippen LogP contribution in [0.25, 0.3) is 0 Å². The Labute approximate surface area is 179 Å². The van der Waals surface area contributed by atoms with Gasteiger partial charge >= 0.3 is 0 Å². The van der Waals surface area contributed by atoms with E-state index in [9.17, 15) is 4.79 Å². The zero-order valence-corrected chi connectivity index (χ0v) is 18.1. The Morgan fingerprint density at radius 1 is 1.17 bits per heavy atom. The van der Waals surface area contributed by atoms with Gasteiger partial charge in [0, 0.05) is 38.2 Å². The fourth-order valence-corrected chi connectivity index (χ4v) is 3.46. The quantitative estimate of drug-likeness (QED) is 0.461. The summed E-state index contributed by atoms with van der Waals surface area (Å²) in [6.45, 7) is 6.45. The van der Waals surface area contributed by atoms with Gasteiger partial charge in [0.1, 0.15) is 5.75 Å². The predicted molar refractivity (Wildman–Crippen MR) is 122 cm³/mol. The van der Waals surface area contributed by atoms with E-state index < -0.39 is 0 Å². The summed E-state index contributed by atoms with van der Waals surface area (Å²) in [4.78, 5) is 16.3. The molecule has 6 heteroatoms. The minimum Gasteiger partial charge on any atom is -0.493 e. The smallest absolute Gasteiger partial charge is 0.225 e. The first kappa shape index (κ1) is 21.7. The highest BCUT2D eigenvalue weighted by Crippen LogP contribution is 2.31. The molecular formula is C24H32N4O2. The first-order valence-electron chi connectivity index (χ1n) is 10.6. The van der Waals surface area contributed by atoms with Gasteiger partial charge in [-0.25, -0.2) is 0 Å². The molecule has 0 fully saturated rings. The second kappa shape index (κ2) is 10.7. The third-order valence-electron chi connectivity index (χ3n) is 5.06. The zero-order chi connectivity index (χ0) is 21.3. The number of amides is 1. The summed E-state index contributed by atoms with van der Waals surface area (Å²) in [5.74, 6) is 2.37. The summed E-state index contributed by atoms with van der Waals surface area (Å²) in [5.41, 5.74) is 3.32. The Morgan fingerprint density at radius 2 is 1.93 bits per heavy atom. The average Bonchev–Trinajstić information content (AvgIpc) is 2.75. The van der Waals surface area contributed by atoms with Crippen molar-refractivity contribution in [3.05, 3.63) is 59.7 Å². The molecule has 0 saturated carbocycles. The summed E-state index contributed by atoms with van der Waals surface area (Å²) < 4.78 is 5.73. The molecule has 0 aliphatic carbocycles. The van der Waals surface area contributed by atoms with E-state index in [2.05, 4.69) is 53.0 Å². The number of benzene rings is 2. The van der Waals surface area contributed by atoms with Crippen LogP contribution in [0, 0.1) is 5.92 Å². The third kappa shape index (κ3) is 6.24. The first-order valence-corrected chi connectivity index (χ1v) is 10.6. The molecule has 0 aromatic heterocycles. The van der Waals surface area contributed by atoms with Crippen molar-refractivity contribution >= 4 is 17.6 Å². The molecule has 0 saturated heterocycles. The van der Waals surface area contributed by atoms with Gasteiger partial charge in [-0.15, -0.1) is 0 Å². The molecule has 2 aromatic carbocycles. The Kier molecular flexibility index (Phi) is 7.71. The van der Waals surface area contributed by atoms with Crippen molar-refractivity contribution in [2.24, 2.45) is 10.9 Å².